The van der Waals surface area contributed by atoms with Gasteiger partial charge in [-0.1, -0.05) is 47.7 Å². The highest BCUT2D eigenvalue weighted by Gasteiger charge is 2.50. The van der Waals surface area contributed by atoms with Gasteiger partial charge in [-0.15, -0.1) is 10.2 Å². The maximum absolute atomic E-state index is 13.3. The van der Waals surface area contributed by atoms with Gasteiger partial charge >= 0.3 is 6.03 Å². The number of likely N-dealkylation sites (tertiary alicyclic amines) is 1. The van der Waals surface area contributed by atoms with E-state index < -0.39 is 17.5 Å². The van der Waals surface area contributed by atoms with Crippen molar-refractivity contribution in [2.75, 3.05) is 25.0 Å². The lowest BCUT2D eigenvalue weighted by Gasteiger charge is -2.32. The third kappa shape index (κ3) is 4.34. The molecular weight excluding hydrogens is 468 g/mol. The summed E-state index contributed by atoms with van der Waals surface area (Å²) in [6.07, 6.45) is 0.983. The predicted octanol–water partition coefficient (Wildman–Crippen LogP) is 2.34. The monoisotopic (exact) mass is 492 g/mol. The summed E-state index contributed by atoms with van der Waals surface area (Å²) in [6.45, 7) is 2.07. The Bertz CT molecular complexity index is 1300. The molecule has 3 aromatic rings. The number of amides is 5. The zero-order chi connectivity index (χ0) is 24.6. The molecule has 2 saturated heterocycles. The number of rotatable bonds is 5. The molecule has 5 amide bonds. The number of piperidine rings is 1. The second-order valence-corrected chi connectivity index (χ2v) is 9.73. The van der Waals surface area contributed by atoms with Gasteiger partial charge in [0, 0.05) is 19.0 Å². The number of urea groups is 1. The van der Waals surface area contributed by atoms with Gasteiger partial charge in [0.1, 0.15) is 17.6 Å². The first-order chi connectivity index (χ1) is 16.8. The van der Waals surface area contributed by atoms with Crippen LogP contribution in [0.5, 0.6) is 0 Å². The molecule has 2 aromatic carbocycles. The molecule has 180 valence electrons. The molecule has 0 saturated carbocycles. The lowest BCUT2D eigenvalue weighted by molar-refractivity contribution is -0.140. The molecule has 11 heteroatoms. The maximum atomic E-state index is 13.3. The standard InChI is InChI=1S/C24H24N6O4S/c1-24(18-7-6-15-4-2-3-5-17(15)12-18)21(33)30(23(34)27-24)13-19(31)29-10-8-16(9-11-29)20(32)26-22-28-25-14-35-22/h2-7,12,14,16H,8-11,13H2,1H3,(H,27,34)(H,26,28,32). The van der Waals surface area contributed by atoms with Gasteiger partial charge in [0.05, 0.1) is 0 Å². The number of hydrogen-bond acceptors (Lipinski definition) is 7. The van der Waals surface area contributed by atoms with Crippen LogP contribution in [0.1, 0.15) is 25.3 Å². The zero-order valence-electron chi connectivity index (χ0n) is 19.1. The second kappa shape index (κ2) is 9.06. The number of anilines is 1. The van der Waals surface area contributed by atoms with E-state index in [9.17, 15) is 19.2 Å². The van der Waals surface area contributed by atoms with Crippen molar-refractivity contribution in [1.82, 2.24) is 25.3 Å². The molecule has 10 nitrogen and oxygen atoms in total. The third-order valence-electron chi connectivity index (χ3n) is 6.70. The number of carbonyl (C=O) groups excluding carboxylic acids is 4. The maximum Gasteiger partial charge on any atom is 0.325 e. The van der Waals surface area contributed by atoms with E-state index in [0.717, 1.165) is 15.7 Å². The number of benzene rings is 2. The fourth-order valence-corrected chi connectivity index (χ4v) is 5.05. The van der Waals surface area contributed by atoms with Crippen LogP contribution in [-0.2, 0) is 19.9 Å². The van der Waals surface area contributed by atoms with Gasteiger partial charge in [-0.05, 0) is 42.2 Å². The van der Waals surface area contributed by atoms with Crippen molar-refractivity contribution in [3.8, 4) is 0 Å². The van der Waals surface area contributed by atoms with E-state index in [4.69, 9.17) is 0 Å². The Kier molecular flexibility index (Phi) is 5.93. The zero-order valence-corrected chi connectivity index (χ0v) is 19.9. The van der Waals surface area contributed by atoms with Crippen molar-refractivity contribution in [1.29, 1.82) is 0 Å². The highest BCUT2D eigenvalue weighted by Crippen LogP contribution is 2.31. The topological polar surface area (TPSA) is 125 Å². The van der Waals surface area contributed by atoms with E-state index in [2.05, 4.69) is 20.8 Å². The Hall–Kier alpha value is -3.86. The molecule has 0 radical (unpaired) electrons. The molecule has 5 rings (SSSR count). The van der Waals surface area contributed by atoms with E-state index in [-0.39, 0.29) is 24.3 Å². The molecule has 35 heavy (non-hydrogen) atoms. The van der Waals surface area contributed by atoms with Crippen LogP contribution in [0.2, 0.25) is 0 Å². The summed E-state index contributed by atoms with van der Waals surface area (Å²) in [5, 5.41) is 15.4. The molecule has 2 N–H and O–H groups in total. The van der Waals surface area contributed by atoms with Crippen molar-refractivity contribution < 1.29 is 19.2 Å². The van der Waals surface area contributed by atoms with E-state index >= 15 is 0 Å². The summed E-state index contributed by atoms with van der Waals surface area (Å²) in [6, 6.07) is 12.8. The van der Waals surface area contributed by atoms with Crippen molar-refractivity contribution in [3.63, 3.8) is 0 Å². The van der Waals surface area contributed by atoms with Crippen molar-refractivity contribution >= 4 is 51.0 Å². The lowest BCUT2D eigenvalue weighted by Crippen LogP contribution is -2.47. The Labute approximate surface area is 205 Å². The number of carbonyl (C=O) groups is 4. The van der Waals surface area contributed by atoms with Crippen molar-refractivity contribution in [3.05, 3.63) is 53.5 Å². The van der Waals surface area contributed by atoms with Crippen molar-refractivity contribution in [2.45, 2.75) is 25.3 Å². The van der Waals surface area contributed by atoms with Gasteiger partial charge in [0.2, 0.25) is 16.9 Å². The van der Waals surface area contributed by atoms with Crippen LogP contribution in [0.15, 0.2) is 48.0 Å². The average molecular weight is 493 g/mol. The van der Waals surface area contributed by atoms with Crippen LogP contribution in [0.3, 0.4) is 0 Å². The Morgan fingerprint density at radius 1 is 1.14 bits per heavy atom. The molecule has 1 atom stereocenters. The summed E-state index contributed by atoms with van der Waals surface area (Å²) in [5.41, 5.74) is 0.946. The first-order valence-electron chi connectivity index (χ1n) is 11.3. The third-order valence-corrected chi connectivity index (χ3v) is 7.31. The molecule has 1 aromatic heterocycles. The summed E-state index contributed by atoms with van der Waals surface area (Å²) < 4.78 is 0. The minimum absolute atomic E-state index is 0.144. The molecular formula is C24H24N6O4S. The molecule has 0 bridgehead atoms. The number of hydrogen-bond donors (Lipinski definition) is 2. The van der Waals surface area contributed by atoms with Gasteiger partial charge in [0.25, 0.3) is 5.91 Å². The number of fused-ring (bicyclic) bond motifs is 1. The predicted molar refractivity (Wildman–Crippen MR) is 129 cm³/mol. The van der Waals surface area contributed by atoms with Gasteiger partial charge < -0.3 is 15.5 Å². The Morgan fingerprint density at radius 2 is 1.89 bits per heavy atom. The quantitative estimate of drug-likeness (QED) is 0.527. The highest BCUT2D eigenvalue weighted by molar-refractivity contribution is 7.13. The minimum atomic E-state index is -1.25. The number of nitrogens with one attached hydrogen (secondary N) is 2. The first kappa shape index (κ1) is 22.9. The SMILES string of the molecule is CC1(c2ccc3ccccc3c2)NC(=O)N(CC(=O)N2CCC(C(=O)Nc3nncs3)CC2)C1=O. The largest absolute Gasteiger partial charge is 0.341 e. The first-order valence-corrected chi connectivity index (χ1v) is 12.2. The van der Waals surface area contributed by atoms with E-state index in [1.807, 2.05) is 42.5 Å². The molecule has 1 unspecified atom stereocenters. The fraction of sp³-hybridized carbons (Fsp3) is 0.333. The molecule has 3 heterocycles. The average Bonchev–Trinajstić information content (AvgIpc) is 3.46. The van der Waals surface area contributed by atoms with Gasteiger partial charge in [-0.3, -0.25) is 19.3 Å². The number of aromatic nitrogens is 2. The van der Waals surface area contributed by atoms with Gasteiger partial charge in [-0.2, -0.15) is 0 Å². The highest BCUT2D eigenvalue weighted by atomic mass is 32.1. The summed E-state index contributed by atoms with van der Waals surface area (Å²) in [4.78, 5) is 53.9. The van der Waals surface area contributed by atoms with Crippen LogP contribution < -0.4 is 10.6 Å². The van der Waals surface area contributed by atoms with Crippen LogP contribution >= 0.6 is 11.3 Å². The fourth-order valence-electron chi connectivity index (χ4n) is 4.60. The van der Waals surface area contributed by atoms with E-state index in [1.165, 1.54) is 16.8 Å². The van der Waals surface area contributed by atoms with E-state index in [0.29, 0.717) is 36.6 Å². The molecule has 2 aliphatic heterocycles. The minimum Gasteiger partial charge on any atom is -0.341 e. The molecule has 2 aliphatic rings. The number of nitrogens with zero attached hydrogens (tertiary/aromatic N) is 4. The van der Waals surface area contributed by atoms with Crippen LogP contribution in [0.25, 0.3) is 10.8 Å². The Morgan fingerprint density at radius 3 is 2.60 bits per heavy atom. The van der Waals surface area contributed by atoms with Crippen LogP contribution in [0, 0.1) is 5.92 Å². The normalized spacial score (nSPS) is 20.8. The number of imide groups is 1. The van der Waals surface area contributed by atoms with Crippen molar-refractivity contribution in [2.24, 2.45) is 5.92 Å². The summed E-state index contributed by atoms with van der Waals surface area (Å²) >= 11 is 1.24. The lowest BCUT2D eigenvalue weighted by atomic mass is 9.90. The summed E-state index contributed by atoms with van der Waals surface area (Å²) in [5.74, 6) is -1.17. The molecule has 0 spiro atoms. The second-order valence-electron chi connectivity index (χ2n) is 8.90. The molecule has 0 aliphatic carbocycles. The summed E-state index contributed by atoms with van der Waals surface area (Å²) in [7, 11) is 0. The van der Waals surface area contributed by atoms with Crippen LogP contribution in [-0.4, -0.2) is 63.4 Å². The van der Waals surface area contributed by atoms with Crippen LogP contribution in [0.4, 0.5) is 9.93 Å². The molecule has 2 fully saturated rings. The van der Waals surface area contributed by atoms with Gasteiger partial charge in [-0.25, -0.2) is 4.79 Å². The van der Waals surface area contributed by atoms with E-state index in [1.54, 1.807) is 11.8 Å². The smallest absolute Gasteiger partial charge is 0.325 e. The van der Waals surface area contributed by atoms with Gasteiger partial charge in [0.15, 0.2) is 0 Å². The Balaban J connectivity index is 1.21.